The van der Waals surface area contributed by atoms with Gasteiger partial charge in [0.1, 0.15) is 0 Å². The summed E-state index contributed by atoms with van der Waals surface area (Å²) >= 11 is 1.40. The van der Waals surface area contributed by atoms with Crippen molar-refractivity contribution in [1.29, 1.82) is 0 Å². The lowest BCUT2D eigenvalue weighted by Gasteiger charge is -2.35. The zero-order valence-electron chi connectivity index (χ0n) is 16.2. The molecule has 0 spiro atoms. The number of amides is 1. The molecule has 152 valence electrons. The van der Waals surface area contributed by atoms with Crippen molar-refractivity contribution in [3.05, 3.63) is 17.9 Å². The number of rotatable bonds is 8. The minimum Gasteiger partial charge on any atom is -0.490 e. The number of ether oxygens (including phenoxy) is 2. The molecule has 8 heteroatoms. The van der Waals surface area contributed by atoms with Crippen molar-refractivity contribution in [2.45, 2.75) is 45.3 Å². The third kappa shape index (κ3) is 4.22. The Morgan fingerprint density at radius 1 is 1.43 bits per heavy atom. The fraction of sp³-hybridized carbons (Fsp3) is 0.600. The van der Waals surface area contributed by atoms with E-state index in [1.54, 1.807) is 6.07 Å². The highest BCUT2D eigenvalue weighted by Crippen LogP contribution is 2.37. The first-order chi connectivity index (χ1) is 13.5. The molecule has 1 aliphatic heterocycles. The van der Waals surface area contributed by atoms with Gasteiger partial charge in [0.25, 0.3) is 0 Å². The first-order valence-electron chi connectivity index (χ1n) is 9.85. The van der Waals surface area contributed by atoms with Crippen LogP contribution in [0.5, 0.6) is 5.75 Å². The maximum absolute atomic E-state index is 14.8. The van der Waals surface area contributed by atoms with Crippen LogP contribution in [-0.4, -0.2) is 49.3 Å². The third-order valence-electron chi connectivity index (χ3n) is 5.28. The third-order valence-corrected chi connectivity index (χ3v) is 6.40. The fourth-order valence-corrected chi connectivity index (χ4v) is 4.55. The van der Waals surface area contributed by atoms with Crippen molar-refractivity contribution >= 4 is 32.6 Å². The van der Waals surface area contributed by atoms with Gasteiger partial charge in [-0.2, -0.15) is 0 Å². The summed E-state index contributed by atoms with van der Waals surface area (Å²) in [6.45, 7) is 6.42. The normalized spacial score (nSPS) is 22.5. The molecule has 1 aliphatic carbocycles. The summed E-state index contributed by atoms with van der Waals surface area (Å²) in [4.78, 5) is 17.7. The zero-order chi connectivity index (χ0) is 19.7. The standard InChI is InChI=1S/C20H26FN3O3S/c1-12(22-13(2)25)10-26-15-8-14(9-15)11-27-17-5-4-16-19(18(17)21)28-20(23-16)24-6-3-7-24/h4-5,12,14-15H,3,6-11H2,1-2H3,(H,22,25)/t12-,14-,15-/m0/s1. The number of carbonyl (C=O) groups excluding carboxylic acids is 1. The predicted octanol–water partition coefficient (Wildman–Crippen LogP) is 3.34. The van der Waals surface area contributed by atoms with Crippen LogP contribution in [0, 0.1) is 11.7 Å². The summed E-state index contributed by atoms with van der Waals surface area (Å²) in [5.74, 6) is 0.315. The van der Waals surface area contributed by atoms with Crippen LogP contribution in [0.3, 0.4) is 0 Å². The van der Waals surface area contributed by atoms with Gasteiger partial charge < -0.3 is 19.7 Å². The van der Waals surface area contributed by atoms with Crippen molar-refractivity contribution in [2.24, 2.45) is 5.92 Å². The SMILES string of the molecule is CC(=O)N[C@@H](C)CO[C@H]1C[C@H](COc2ccc3nc(N4CCC4)sc3c2F)C1. The van der Waals surface area contributed by atoms with E-state index >= 15 is 0 Å². The van der Waals surface area contributed by atoms with Gasteiger partial charge in [-0.15, -0.1) is 0 Å². The number of hydrogen-bond donors (Lipinski definition) is 1. The molecule has 2 heterocycles. The molecule has 2 fully saturated rings. The van der Waals surface area contributed by atoms with Gasteiger partial charge in [-0.25, -0.2) is 9.37 Å². The van der Waals surface area contributed by atoms with E-state index in [9.17, 15) is 9.18 Å². The predicted molar refractivity (Wildman–Crippen MR) is 108 cm³/mol. The summed E-state index contributed by atoms with van der Waals surface area (Å²) in [5.41, 5.74) is 0.696. The van der Waals surface area contributed by atoms with E-state index in [0.29, 0.717) is 35.1 Å². The summed E-state index contributed by atoms with van der Waals surface area (Å²) in [7, 11) is 0. The van der Waals surface area contributed by atoms with Crippen LogP contribution in [0.15, 0.2) is 12.1 Å². The Bertz CT molecular complexity index is 849. The second-order valence-corrected chi connectivity index (χ2v) is 8.75. The van der Waals surface area contributed by atoms with E-state index in [-0.39, 0.29) is 23.9 Å². The van der Waals surface area contributed by atoms with E-state index in [4.69, 9.17) is 9.47 Å². The Morgan fingerprint density at radius 2 is 2.21 bits per heavy atom. The quantitative estimate of drug-likeness (QED) is 0.727. The number of aromatic nitrogens is 1. The molecule has 28 heavy (non-hydrogen) atoms. The average Bonchev–Trinajstić information content (AvgIpc) is 2.96. The van der Waals surface area contributed by atoms with Gasteiger partial charge in [0.2, 0.25) is 5.91 Å². The van der Waals surface area contributed by atoms with Crippen molar-refractivity contribution in [3.8, 4) is 5.75 Å². The second-order valence-electron chi connectivity index (χ2n) is 7.77. The molecular weight excluding hydrogens is 381 g/mol. The summed E-state index contributed by atoms with van der Waals surface area (Å²) in [5, 5.41) is 3.70. The van der Waals surface area contributed by atoms with Crippen LogP contribution in [-0.2, 0) is 9.53 Å². The highest BCUT2D eigenvalue weighted by molar-refractivity contribution is 7.22. The van der Waals surface area contributed by atoms with E-state index in [1.165, 1.54) is 24.7 Å². The highest BCUT2D eigenvalue weighted by Gasteiger charge is 2.31. The molecule has 1 amide bonds. The van der Waals surface area contributed by atoms with E-state index < -0.39 is 0 Å². The molecule has 4 rings (SSSR count). The van der Waals surface area contributed by atoms with Gasteiger partial charge >= 0.3 is 0 Å². The van der Waals surface area contributed by atoms with E-state index in [1.807, 2.05) is 13.0 Å². The molecular formula is C20H26FN3O3S. The molecule has 1 saturated carbocycles. The lowest BCUT2D eigenvalue weighted by molar-refractivity contribution is -0.120. The van der Waals surface area contributed by atoms with Crippen LogP contribution < -0.4 is 15.0 Å². The molecule has 1 aromatic carbocycles. The number of halogens is 1. The maximum atomic E-state index is 14.8. The Balaban J connectivity index is 1.25. The number of hydrogen-bond acceptors (Lipinski definition) is 6. The van der Waals surface area contributed by atoms with Crippen LogP contribution >= 0.6 is 11.3 Å². The van der Waals surface area contributed by atoms with Crippen LogP contribution in [0.25, 0.3) is 10.2 Å². The minimum absolute atomic E-state index is 0.00850. The first-order valence-corrected chi connectivity index (χ1v) is 10.7. The molecule has 1 N–H and O–H groups in total. The number of thiazole rings is 1. The van der Waals surface area contributed by atoms with Crippen molar-refractivity contribution in [3.63, 3.8) is 0 Å². The molecule has 2 aromatic rings. The van der Waals surface area contributed by atoms with Gasteiger partial charge in [0, 0.05) is 26.1 Å². The number of nitrogens with one attached hydrogen (secondary N) is 1. The maximum Gasteiger partial charge on any atom is 0.217 e. The van der Waals surface area contributed by atoms with Crippen molar-refractivity contribution in [2.75, 3.05) is 31.2 Å². The first kappa shape index (κ1) is 19.4. The van der Waals surface area contributed by atoms with Gasteiger partial charge in [-0.1, -0.05) is 11.3 Å². The number of carbonyl (C=O) groups is 1. The van der Waals surface area contributed by atoms with Gasteiger partial charge in [-0.05, 0) is 44.2 Å². The second kappa shape index (κ2) is 8.21. The Morgan fingerprint density at radius 3 is 2.89 bits per heavy atom. The van der Waals surface area contributed by atoms with Crippen LogP contribution in [0.1, 0.15) is 33.1 Å². The van der Waals surface area contributed by atoms with Gasteiger partial charge in [0.05, 0.1) is 29.5 Å². The number of anilines is 1. The number of benzene rings is 1. The molecule has 0 radical (unpaired) electrons. The van der Waals surface area contributed by atoms with Gasteiger partial charge in [-0.3, -0.25) is 4.79 Å². The molecule has 1 saturated heterocycles. The van der Waals surface area contributed by atoms with Crippen molar-refractivity contribution in [1.82, 2.24) is 10.3 Å². The molecule has 1 atom stereocenters. The van der Waals surface area contributed by atoms with Crippen LogP contribution in [0.2, 0.25) is 0 Å². The molecule has 1 aromatic heterocycles. The Kier molecular flexibility index (Phi) is 5.68. The monoisotopic (exact) mass is 407 g/mol. The fourth-order valence-electron chi connectivity index (χ4n) is 3.51. The van der Waals surface area contributed by atoms with Crippen molar-refractivity contribution < 1.29 is 18.7 Å². The average molecular weight is 408 g/mol. The largest absolute Gasteiger partial charge is 0.490 e. The Hall–Kier alpha value is -1.93. The lowest BCUT2D eigenvalue weighted by atomic mass is 9.83. The topological polar surface area (TPSA) is 63.7 Å². The van der Waals surface area contributed by atoms with Crippen LogP contribution in [0.4, 0.5) is 9.52 Å². The lowest BCUT2D eigenvalue weighted by Crippen LogP contribution is -2.40. The number of nitrogens with zero attached hydrogens (tertiary/aromatic N) is 2. The molecule has 2 aliphatic rings. The summed E-state index contributed by atoms with van der Waals surface area (Å²) in [6, 6.07) is 3.53. The van der Waals surface area contributed by atoms with E-state index in [0.717, 1.165) is 31.1 Å². The molecule has 6 nitrogen and oxygen atoms in total. The Labute approximate surface area is 168 Å². The summed E-state index contributed by atoms with van der Waals surface area (Å²) < 4.78 is 26.9. The van der Waals surface area contributed by atoms with E-state index in [2.05, 4.69) is 15.2 Å². The summed E-state index contributed by atoms with van der Waals surface area (Å²) in [6.07, 6.45) is 3.16. The highest BCUT2D eigenvalue weighted by atomic mass is 32.1. The molecule has 0 bridgehead atoms. The minimum atomic E-state index is -0.307. The molecule has 0 unspecified atom stereocenters. The van der Waals surface area contributed by atoms with Gasteiger partial charge in [0.15, 0.2) is 16.7 Å². The number of fused-ring (bicyclic) bond motifs is 1. The smallest absolute Gasteiger partial charge is 0.217 e. The zero-order valence-corrected chi connectivity index (χ0v) is 17.1.